The zero-order chi connectivity index (χ0) is 11.7. The Labute approximate surface area is 98.4 Å². The molecule has 0 amide bonds. The number of esters is 1. The second kappa shape index (κ2) is 4.09. The van der Waals surface area contributed by atoms with Crippen LogP contribution in [-0.2, 0) is 4.74 Å². The first-order chi connectivity index (χ1) is 7.63. The van der Waals surface area contributed by atoms with Crippen LogP contribution in [0.1, 0.15) is 17.3 Å². The van der Waals surface area contributed by atoms with Crippen LogP contribution in [0.25, 0.3) is 5.65 Å². The van der Waals surface area contributed by atoms with E-state index in [2.05, 4.69) is 26.0 Å². The molecule has 2 aromatic heterocycles. The monoisotopic (exact) mass is 285 g/mol. The van der Waals surface area contributed by atoms with Crippen molar-refractivity contribution in [1.29, 1.82) is 0 Å². The first kappa shape index (κ1) is 10.9. The van der Waals surface area contributed by atoms with Crippen LogP contribution in [0.2, 0.25) is 0 Å². The van der Waals surface area contributed by atoms with Gasteiger partial charge in [-0.15, -0.1) is 0 Å². The maximum absolute atomic E-state index is 11.6. The normalized spacial score (nSPS) is 10.6. The molecule has 2 aromatic rings. The molecule has 0 aliphatic carbocycles. The third-order valence-corrected chi connectivity index (χ3v) is 2.51. The van der Waals surface area contributed by atoms with Gasteiger partial charge in [-0.1, -0.05) is 0 Å². The van der Waals surface area contributed by atoms with Crippen LogP contribution in [0.4, 0.5) is 0 Å². The molecule has 0 aliphatic heterocycles. The summed E-state index contributed by atoms with van der Waals surface area (Å²) in [5.41, 5.74) is 0.239. The zero-order valence-electron chi connectivity index (χ0n) is 8.36. The lowest BCUT2D eigenvalue weighted by Crippen LogP contribution is -2.10. The van der Waals surface area contributed by atoms with Crippen molar-refractivity contribution in [2.75, 3.05) is 6.61 Å². The molecule has 0 saturated heterocycles. The van der Waals surface area contributed by atoms with Gasteiger partial charge in [0.25, 0.3) is 5.56 Å². The second-order valence-corrected chi connectivity index (χ2v) is 3.74. The number of rotatable bonds is 2. The molecule has 84 valence electrons. The Kier molecular flexibility index (Phi) is 2.78. The van der Waals surface area contributed by atoms with E-state index >= 15 is 0 Å². The lowest BCUT2D eigenvalue weighted by atomic mass is 10.3. The first-order valence-corrected chi connectivity index (χ1v) is 5.37. The number of aromatic nitrogens is 3. The van der Waals surface area contributed by atoms with Crippen LogP contribution in [0, 0.1) is 0 Å². The number of fused-ring (bicyclic) bond motifs is 1. The summed E-state index contributed by atoms with van der Waals surface area (Å²) in [6.07, 6.45) is 1.47. The number of carbonyl (C=O) groups is 1. The van der Waals surface area contributed by atoms with E-state index in [0.29, 0.717) is 10.3 Å². The van der Waals surface area contributed by atoms with Crippen molar-refractivity contribution in [2.24, 2.45) is 0 Å². The Morgan fingerprint density at radius 1 is 1.69 bits per heavy atom. The van der Waals surface area contributed by atoms with Gasteiger partial charge < -0.3 is 9.72 Å². The van der Waals surface area contributed by atoms with Gasteiger partial charge in [-0.2, -0.15) is 5.10 Å². The molecule has 0 unspecified atom stereocenters. The summed E-state index contributed by atoms with van der Waals surface area (Å²) in [6.45, 7) is 1.97. The highest BCUT2D eigenvalue weighted by Gasteiger charge is 2.19. The van der Waals surface area contributed by atoms with Crippen molar-refractivity contribution in [1.82, 2.24) is 14.6 Å². The minimum absolute atomic E-state index is 0.222. The summed E-state index contributed by atoms with van der Waals surface area (Å²) >= 11 is 3.15. The molecule has 0 saturated carbocycles. The maximum atomic E-state index is 11.6. The average Bonchev–Trinajstić information content (AvgIpc) is 2.53. The molecule has 7 heteroatoms. The smallest absolute Gasteiger partial charge is 0.344 e. The lowest BCUT2D eigenvalue weighted by molar-refractivity contribution is 0.0527. The standard InChI is InChI=1S/C9H8BrN3O3/c1-2-16-9(15)6-7(10)12-13-4-3-5(14)11-8(6)13/h3-4H,2H2,1H3,(H,11,14). The topological polar surface area (TPSA) is 76.5 Å². The predicted octanol–water partition coefficient (Wildman–Crippen LogP) is 0.962. The van der Waals surface area contributed by atoms with Gasteiger partial charge in [-0.3, -0.25) is 4.79 Å². The third-order valence-electron chi connectivity index (χ3n) is 1.96. The Morgan fingerprint density at radius 3 is 3.12 bits per heavy atom. The van der Waals surface area contributed by atoms with Crippen molar-refractivity contribution < 1.29 is 9.53 Å². The van der Waals surface area contributed by atoms with Crippen LogP contribution in [-0.4, -0.2) is 27.2 Å². The lowest BCUT2D eigenvalue weighted by Gasteiger charge is -1.99. The van der Waals surface area contributed by atoms with Gasteiger partial charge in [0, 0.05) is 12.3 Å². The van der Waals surface area contributed by atoms with Gasteiger partial charge in [0.15, 0.2) is 5.65 Å². The van der Waals surface area contributed by atoms with Gasteiger partial charge in [-0.25, -0.2) is 9.31 Å². The van der Waals surface area contributed by atoms with Crippen LogP contribution in [0.5, 0.6) is 0 Å². The predicted molar refractivity (Wildman–Crippen MR) is 59.5 cm³/mol. The molecule has 2 rings (SSSR count). The van der Waals surface area contributed by atoms with Gasteiger partial charge in [0.1, 0.15) is 10.2 Å². The van der Waals surface area contributed by atoms with Crippen LogP contribution in [0.15, 0.2) is 21.7 Å². The minimum Gasteiger partial charge on any atom is -0.462 e. The largest absolute Gasteiger partial charge is 0.462 e. The fraction of sp³-hybridized carbons (Fsp3) is 0.222. The molecule has 16 heavy (non-hydrogen) atoms. The highest BCUT2D eigenvalue weighted by Crippen LogP contribution is 2.19. The Balaban J connectivity index is 2.67. The molecular weight excluding hydrogens is 278 g/mol. The summed E-state index contributed by atoms with van der Waals surface area (Å²) in [4.78, 5) is 25.3. The molecule has 0 aromatic carbocycles. The summed E-state index contributed by atoms with van der Waals surface area (Å²) in [5, 5.41) is 4.02. The van der Waals surface area contributed by atoms with Gasteiger partial charge in [0.2, 0.25) is 0 Å². The number of hydrogen-bond acceptors (Lipinski definition) is 4. The quantitative estimate of drug-likeness (QED) is 0.834. The van der Waals surface area contributed by atoms with E-state index in [1.54, 1.807) is 6.92 Å². The van der Waals surface area contributed by atoms with Crippen molar-refractivity contribution in [2.45, 2.75) is 6.92 Å². The Hall–Kier alpha value is -1.63. The van der Waals surface area contributed by atoms with Gasteiger partial charge in [0.05, 0.1) is 6.61 Å². The first-order valence-electron chi connectivity index (χ1n) is 4.57. The maximum Gasteiger partial charge on any atom is 0.344 e. The third kappa shape index (κ3) is 1.73. The van der Waals surface area contributed by atoms with Crippen LogP contribution in [0.3, 0.4) is 0 Å². The fourth-order valence-electron chi connectivity index (χ4n) is 1.32. The van der Waals surface area contributed by atoms with E-state index in [9.17, 15) is 9.59 Å². The van der Waals surface area contributed by atoms with Crippen LogP contribution < -0.4 is 5.56 Å². The summed E-state index contributed by atoms with van der Waals surface area (Å²) in [7, 11) is 0. The summed E-state index contributed by atoms with van der Waals surface area (Å²) in [5.74, 6) is -0.522. The molecule has 2 heterocycles. The minimum atomic E-state index is -0.522. The number of aromatic amines is 1. The van der Waals surface area contributed by atoms with Crippen molar-refractivity contribution in [3.8, 4) is 0 Å². The summed E-state index contributed by atoms with van der Waals surface area (Å²) < 4.78 is 6.61. The van der Waals surface area contributed by atoms with Gasteiger partial charge in [-0.05, 0) is 22.9 Å². The number of nitrogens with one attached hydrogen (secondary N) is 1. The molecule has 0 atom stereocenters. The number of hydrogen-bond donors (Lipinski definition) is 1. The van der Waals surface area contributed by atoms with Crippen molar-refractivity contribution in [3.63, 3.8) is 0 Å². The molecule has 1 N–H and O–H groups in total. The van der Waals surface area contributed by atoms with Crippen molar-refractivity contribution >= 4 is 27.5 Å². The van der Waals surface area contributed by atoms with E-state index in [1.165, 1.54) is 16.8 Å². The number of nitrogens with zero attached hydrogens (tertiary/aromatic N) is 2. The van der Waals surface area contributed by atoms with Crippen molar-refractivity contribution in [3.05, 3.63) is 32.8 Å². The molecule has 0 spiro atoms. The molecule has 0 fully saturated rings. The SMILES string of the molecule is CCOC(=O)c1c(Br)nn2ccc(=O)[nH]c12. The Morgan fingerprint density at radius 2 is 2.44 bits per heavy atom. The van der Waals surface area contributed by atoms with Crippen LogP contribution >= 0.6 is 15.9 Å². The molecule has 0 radical (unpaired) electrons. The fourth-order valence-corrected chi connectivity index (χ4v) is 1.84. The highest BCUT2D eigenvalue weighted by molar-refractivity contribution is 9.10. The van der Waals surface area contributed by atoms with E-state index in [4.69, 9.17) is 4.74 Å². The zero-order valence-corrected chi connectivity index (χ0v) is 9.94. The van der Waals surface area contributed by atoms with E-state index in [-0.39, 0.29) is 17.7 Å². The van der Waals surface area contributed by atoms with E-state index < -0.39 is 5.97 Å². The van der Waals surface area contributed by atoms with E-state index in [0.717, 1.165) is 0 Å². The molecular formula is C9H8BrN3O3. The van der Waals surface area contributed by atoms with Gasteiger partial charge >= 0.3 is 5.97 Å². The average molecular weight is 286 g/mol. The summed E-state index contributed by atoms with van der Waals surface area (Å²) in [6, 6.07) is 1.32. The molecule has 0 aliphatic rings. The Bertz CT molecular complexity index is 602. The number of ether oxygens (including phenoxy) is 1. The number of carbonyl (C=O) groups excluding carboxylic acids is 1. The molecule has 0 bridgehead atoms. The van der Waals surface area contributed by atoms with E-state index in [1.807, 2.05) is 0 Å². The molecule has 6 nitrogen and oxygen atoms in total. The second-order valence-electron chi connectivity index (χ2n) is 2.98. The number of H-pyrrole nitrogens is 1. The highest BCUT2D eigenvalue weighted by atomic mass is 79.9. The number of halogens is 1.